The Labute approximate surface area is 234 Å². The molecule has 0 radical (unpaired) electrons. The van der Waals surface area contributed by atoms with Crippen molar-refractivity contribution < 1.29 is 17.7 Å². The van der Waals surface area contributed by atoms with Crippen molar-refractivity contribution >= 4 is 44.6 Å². The number of aromatic nitrogens is 3. The molecule has 0 unspecified atom stereocenters. The molecule has 1 aliphatic rings. The van der Waals surface area contributed by atoms with E-state index >= 15 is 0 Å². The normalized spacial score (nSPS) is 14.0. The molecule has 0 saturated heterocycles. The maximum Gasteiger partial charge on any atom is 0.257 e. The highest BCUT2D eigenvalue weighted by Gasteiger charge is 2.52. The number of sulfone groups is 1. The summed E-state index contributed by atoms with van der Waals surface area (Å²) in [5.41, 5.74) is 2.10. The lowest BCUT2D eigenvalue weighted by Gasteiger charge is -2.17. The number of hydrogen-bond donors (Lipinski definition) is 1. The van der Waals surface area contributed by atoms with E-state index in [-0.39, 0.29) is 23.0 Å². The van der Waals surface area contributed by atoms with Gasteiger partial charge in [0.05, 0.1) is 34.1 Å². The van der Waals surface area contributed by atoms with Gasteiger partial charge in [-0.25, -0.2) is 8.42 Å². The van der Waals surface area contributed by atoms with Crippen LogP contribution >= 0.6 is 23.2 Å². The van der Waals surface area contributed by atoms with Crippen LogP contribution in [0.2, 0.25) is 10.0 Å². The maximum atomic E-state index is 12.6. The smallest absolute Gasteiger partial charge is 0.257 e. The van der Waals surface area contributed by atoms with Gasteiger partial charge in [0.2, 0.25) is 5.91 Å². The summed E-state index contributed by atoms with van der Waals surface area (Å²) in [5, 5.41) is 16.7. The van der Waals surface area contributed by atoms with Gasteiger partial charge >= 0.3 is 0 Å². The van der Waals surface area contributed by atoms with Crippen molar-refractivity contribution in [3.8, 4) is 17.5 Å². The van der Waals surface area contributed by atoms with Crippen LogP contribution in [0.4, 0.5) is 5.69 Å². The maximum absolute atomic E-state index is 12.6. The molecule has 4 aromatic rings. The highest BCUT2D eigenvalue weighted by Crippen LogP contribution is 2.57. The Morgan fingerprint density at radius 3 is 2.38 bits per heavy atom. The standard InChI is InChI=1S/C27H21Cl2N5O4S/c1-2-39(36,37)20-8-7-18(31-15-20)13-23(35)32-19-11-21(28)24(22(29)12-19)27(9-10-27)26-33-25(38-34-26)17-5-3-16(14-30)4-6-17/h3-8,11-12,15H,2,9-10,13H2,1H3,(H,32,35). The minimum absolute atomic E-state index is 0.0294. The molecule has 1 amide bonds. The minimum atomic E-state index is -3.37. The highest BCUT2D eigenvalue weighted by atomic mass is 35.5. The first kappa shape index (κ1) is 26.8. The molecule has 1 aliphatic carbocycles. The summed E-state index contributed by atoms with van der Waals surface area (Å²) in [6.07, 6.45) is 2.64. The van der Waals surface area contributed by atoms with Crippen LogP contribution in [0.15, 0.2) is 64.1 Å². The Morgan fingerprint density at radius 2 is 1.82 bits per heavy atom. The number of carbonyl (C=O) groups is 1. The summed E-state index contributed by atoms with van der Waals surface area (Å²) in [7, 11) is -3.37. The number of benzene rings is 2. The van der Waals surface area contributed by atoms with E-state index in [0.717, 1.165) is 12.8 Å². The third-order valence-corrected chi connectivity index (χ3v) is 8.86. The molecular weight excluding hydrogens is 561 g/mol. The average molecular weight is 582 g/mol. The summed E-state index contributed by atoms with van der Waals surface area (Å²) in [4.78, 5) is 21.4. The van der Waals surface area contributed by atoms with E-state index < -0.39 is 15.3 Å². The molecular formula is C27H21Cl2N5O4S. The van der Waals surface area contributed by atoms with Gasteiger partial charge < -0.3 is 9.84 Å². The molecule has 0 atom stereocenters. The number of carbonyl (C=O) groups excluding carboxylic acids is 1. The molecule has 12 heteroatoms. The number of pyridine rings is 1. The fourth-order valence-corrected chi connectivity index (χ4v) is 5.94. The van der Waals surface area contributed by atoms with E-state index in [1.807, 2.05) is 0 Å². The van der Waals surface area contributed by atoms with Gasteiger partial charge in [0, 0.05) is 38.8 Å². The highest BCUT2D eigenvalue weighted by molar-refractivity contribution is 7.91. The van der Waals surface area contributed by atoms with E-state index in [1.54, 1.807) is 43.3 Å². The van der Waals surface area contributed by atoms with Crippen molar-refractivity contribution in [2.45, 2.75) is 36.5 Å². The zero-order chi connectivity index (χ0) is 27.8. The zero-order valence-corrected chi connectivity index (χ0v) is 22.9. The summed E-state index contributed by atoms with van der Waals surface area (Å²) in [6.45, 7) is 1.56. The number of nitrogens with one attached hydrogen (secondary N) is 1. The van der Waals surface area contributed by atoms with Gasteiger partial charge in [-0.3, -0.25) is 9.78 Å². The molecule has 2 aromatic heterocycles. The average Bonchev–Trinajstić information content (AvgIpc) is 3.54. The van der Waals surface area contributed by atoms with Crippen LogP contribution in [0, 0.1) is 11.3 Å². The molecule has 0 spiro atoms. The Morgan fingerprint density at radius 1 is 1.13 bits per heavy atom. The van der Waals surface area contributed by atoms with Crippen molar-refractivity contribution in [1.82, 2.24) is 15.1 Å². The van der Waals surface area contributed by atoms with Crippen molar-refractivity contribution in [1.29, 1.82) is 5.26 Å². The predicted molar refractivity (Wildman–Crippen MR) is 145 cm³/mol. The van der Waals surface area contributed by atoms with E-state index in [4.69, 9.17) is 33.0 Å². The SMILES string of the molecule is CCS(=O)(=O)c1ccc(CC(=O)Nc2cc(Cl)c(C3(c4noc(-c5ccc(C#N)cc5)n4)CC3)c(Cl)c2)nc1. The summed E-state index contributed by atoms with van der Waals surface area (Å²) < 4.78 is 29.4. The van der Waals surface area contributed by atoms with Crippen LogP contribution < -0.4 is 5.32 Å². The predicted octanol–water partition coefficient (Wildman–Crippen LogP) is 5.36. The second kappa shape index (κ2) is 10.4. The Balaban J connectivity index is 1.32. The van der Waals surface area contributed by atoms with Gasteiger partial charge in [-0.05, 0) is 61.4 Å². The third-order valence-electron chi connectivity index (χ3n) is 6.55. The van der Waals surface area contributed by atoms with Crippen molar-refractivity contribution in [3.05, 3.63) is 87.4 Å². The second-order valence-electron chi connectivity index (χ2n) is 9.12. The summed E-state index contributed by atoms with van der Waals surface area (Å²) in [5.74, 6) is 0.394. The van der Waals surface area contributed by atoms with Crippen molar-refractivity contribution in [3.63, 3.8) is 0 Å². The number of hydrogen-bond acceptors (Lipinski definition) is 8. The molecule has 1 fully saturated rings. The molecule has 9 nitrogen and oxygen atoms in total. The first-order chi connectivity index (χ1) is 18.6. The van der Waals surface area contributed by atoms with Crippen LogP contribution in [-0.4, -0.2) is 35.2 Å². The van der Waals surface area contributed by atoms with Gasteiger partial charge in [-0.15, -0.1) is 0 Å². The van der Waals surface area contributed by atoms with Crippen LogP contribution in [0.5, 0.6) is 0 Å². The van der Waals surface area contributed by atoms with Gasteiger partial charge in [0.1, 0.15) is 0 Å². The van der Waals surface area contributed by atoms with Crippen LogP contribution in [0.3, 0.4) is 0 Å². The largest absolute Gasteiger partial charge is 0.334 e. The first-order valence-corrected chi connectivity index (χ1v) is 14.4. The Hall–Kier alpha value is -3.78. The van der Waals surface area contributed by atoms with Crippen LogP contribution in [0.25, 0.3) is 11.5 Å². The molecule has 39 heavy (non-hydrogen) atoms. The third kappa shape index (κ3) is 5.39. The zero-order valence-electron chi connectivity index (χ0n) is 20.6. The molecule has 1 saturated carbocycles. The lowest BCUT2D eigenvalue weighted by Crippen LogP contribution is -2.17. The number of rotatable bonds is 8. The van der Waals surface area contributed by atoms with Gasteiger partial charge in [-0.2, -0.15) is 10.2 Å². The minimum Gasteiger partial charge on any atom is -0.334 e. The molecule has 5 rings (SSSR count). The van der Waals surface area contributed by atoms with Crippen molar-refractivity contribution in [2.24, 2.45) is 0 Å². The lowest BCUT2D eigenvalue weighted by molar-refractivity contribution is -0.115. The quantitative estimate of drug-likeness (QED) is 0.293. The first-order valence-electron chi connectivity index (χ1n) is 12.0. The molecule has 1 N–H and O–H groups in total. The topological polar surface area (TPSA) is 139 Å². The van der Waals surface area contributed by atoms with Gasteiger partial charge in [0.25, 0.3) is 5.89 Å². The van der Waals surface area contributed by atoms with E-state index in [9.17, 15) is 13.2 Å². The van der Waals surface area contributed by atoms with Crippen molar-refractivity contribution in [2.75, 3.05) is 11.1 Å². The van der Waals surface area contributed by atoms with E-state index in [1.165, 1.54) is 18.3 Å². The lowest BCUT2D eigenvalue weighted by atomic mass is 9.94. The van der Waals surface area contributed by atoms with Gasteiger partial charge in [-0.1, -0.05) is 35.3 Å². The van der Waals surface area contributed by atoms with Crippen LogP contribution in [0.1, 0.15) is 42.4 Å². The van der Waals surface area contributed by atoms with E-state index in [2.05, 4.69) is 26.5 Å². The fourth-order valence-electron chi connectivity index (χ4n) is 4.27. The molecule has 2 heterocycles. The number of nitriles is 1. The summed E-state index contributed by atoms with van der Waals surface area (Å²) >= 11 is 13.3. The molecule has 2 aromatic carbocycles. The number of nitrogens with zero attached hydrogens (tertiary/aromatic N) is 4. The second-order valence-corrected chi connectivity index (χ2v) is 12.2. The van der Waals surface area contributed by atoms with Gasteiger partial charge in [0.15, 0.2) is 15.7 Å². The van der Waals surface area contributed by atoms with E-state index in [0.29, 0.717) is 49.8 Å². The Bertz CT molecular complexity index is 1690. The monoisotopic (exact) mass is 581 g/mol. The van der Waals surface area contributed by atoms with Crippen LogP contribution in [-0.2, 0) is 26.5 Å². The fraction of sp³-hybridized carbons (Fsp3) is 0.222. The molecule has 0 bridgehead atoms. The molecule has 0 aliphatic heterocycles. The number of amides is 1. The Kier molecular flexibility index (Phi) is 7.16. The number of anilines is 1. The number of halogens is 2. The summed E-state index contributed by atoms with van der Waals surface area (Å²) in [6, 6.07) is 15.1. The molecule has 198 valence electrons.